The fourth-order valence-corrected chi connectivity index (χ4v) is 2.54. The molecular formula is C18H17N3O3. The van der Waals surface area contributed by atoms with Crippen molar-refractivity contribution in [1.82, 2.24) is 15.1 Å². The minimum Gasteiger partial charge on any atom is -0.467 e. The van der Waals surface area contributed by atoms with Gasteiger partial charge in [-0.2, -0.15) is 5.10 Å². The van der Waals surface area contributed by atoms with E-state index in [0.717, 1.165) is 10.8 Å². The second kappa shape index (κ2) is 6.54. The molecule has 2 aromatic carbocycles. The number of fused-ring (bicyclic) bond motifs is 1. The van der Waals surface area contributed by atoms with Gasteiger partial charge in [0.15, 0.2) is 6.04 Å². The fraction of sp³-hybridized carbons (Fsp3) is 0.167. The van der Waals surface area contributed by atoms with Crippen molar-refractivity contribution in [3.8, 4) is 0 Å². The standard InChI is InChI=1S/C18H17N3O3/c1-21-11-15(10-19-21)17(22)20-16(18(23)24-2)14-8-7-12-5-3-4-6-13(12)9-14/h3-11,16H,1-2H3,(H,20,22)/t16-/m1/s1. The van der Waals surface area contributed by atoms with Crippen LogP contribution in [0.1, 0.15) is 22.0 Å². The van der Waals surface area contributed by atoms with Gasteiger partial charge in [-0.05, 0) is 22.4 Å². The molecule has 0 fully saturated rings. The van der Waals surface area contributed by atoms with Crippen LogP contribution in [0, 0.1) is 0 Å². The van der Waals surface area contributed by atoms with Crippen LogP contribution >= 0.6 is 0 Å². The summed E-state index contributed by atoms with van der Waals surface area (Å²) in [6, 6.07) is 12.5. The third-order valence-corrected chi connectivity index (χ3v) is 3.79. The number of methoxy groups -OCH3 is 1. The van der Waals surface area contributed by atoms with Crippen molar-refractivity contribution >= 4 is 22.6 Å². The minimum absolute atomic E-state index is 0.382. The lowest BCUT2D eigenvalue weighted by Gasteiger charge is -2.17. The van der Waals surface area contributed by atoms with Gasteiger partial charge in [0.1, 0.15) is 0 Å². The molecule has 122 valence electrons. The first-order valence-electron chi connectivity index (χ1n) is 7.44. The second-order valence-electron chi connectivity index (χ2n) is 5.44. The Labute approximate surface area is 139 Å². The summed E-state index contributed by atoms with van der Waals surface area (Å²) in [5.41, 5.74) is 1.05. The van der Waals surface area contributed by atoms with Gasteiger partial charge in [-0.1, -0.05) is 36.4 Å². The summed E-state index contributed by atoms with van der Waals surface area (Å²) < 4.78 is 6.37. The summed E-state index contributed by atoms with van der Waals surface area (Å²) in [4.78, 5) is 24.5. The van der Waals surface area contributed by atoms with Gasteiger partial charge in [0.05, 0.1) is 18.9 Å². The number of rotatable bonds is 4. The van der Waals surface area contributed by atoms with Crippen LogP contribution < -0.4 is 5.32 Å². The molecule has 0 saturated carbocycles. The molecule has 24 heavy (non-hydrogen) atoms. The zero-order chi connectivity index (χ0) is 17.1. The number of hydrogen-bond acceptors (Lipinski definition) is 4. The van der Waals surface area contributed by atoms with Gasteiger partial charge >= 0.3 is 5.97 Å². The van der Waals surface area contributed by atoms with Crippen LogP contribution in [-0.4, -0.2) is 28.8 Å². The number of esters is 1. The Morgan fingerprint density at radius 2 is 1.92 bits per heavy atom. The first kappa shape index (κ1) is 15.7. The molecule has 1 aromatic heterocycles. The Kier molecular flexibility index (Phi) is 4.29. The van der Waals surface area contributed by atoms with Crippen molar-refractivity contribution in [3.05, 3.63) is 66.0 Å². The molecule has 0 aliphatic heterocycles. The number of nitrogens with one attached hydrogen (secondary N) is 1. The van der Waals surface area contributed by atoms with Gasteiger partial charge in [0.2, 0.25) is 0 Å². The predicted octanol–water partition coefficient (Wildman–Crippen LogP) is 2.22. The molecule has 3 aromatic rings. The van der Waals surface area contributed by atoms with Crippen LogP contribution in [0.25, 0.3) is 10.8 Å². The van der Waals surface area contributed by atoms with E-state index in [4.69, 9.17) is 4.74 Å². The average Bonchev–Trinajstić information content (AvgIpc) is 3.05. The molecule has 6 nitrogen and oxygen atoms in total. The molecule has 1 heterocycles. The van der Waals surface area contributed by atoms with Gasteiger partial charge < -0.3 is 10.1 Å². The lowest BCUT2D eigenvalue weighted by molar-refractivity contribution is -0.143. The largest absolute Gasteiger partial charge is 0.467 e. The van der Waals surface area contributed by atoms with Gasteiger partial charge in [0.25, 0.3) is 5.91 Å². The molecule has 0 aliphatic rings. The number of benzene rings is 2. The molecule has 1 N–H and O–H groups in total. The highest BCUT2D eigenvalue weighted by molar-refractivity contribution is 5.97. The van der Waals surface area contributed by atoms with E-state index >= 15 is 0 Å². The topological polar surface area (TPSA) is 73.2 Å². The van der Waals surface area contributed by atoms with Crippen molar-refractivity contribution in [3.63, 3.8) is 0 Å². The molecule has 3 rings (SSSR count). The summed E-state index contributed by atoms with van der Waals surface area (Å²) in [5, 5.41) is 8.72. The van der Waals surface area contributed by atoms with Crippen molar-refractivity contribution in [2.45, 2.75) is 6.04 Å². The highest BCUT2D eigenvalue weighted by atomic mass is 16.5. The van der Waals surface area contributed by atoms with Crippen LogP contribution in [0.3, 0.4) is 0 Å². The van der Waals surface area contributed by atoms with Crippen molar-refractivity contribution in [2.75, 3.05) is 7.11 Å². The van der Waals surface area contributed by atoms with E-state index < -0.39 is 12.0 Å². The fourth-order valence-electron chi connectivity index (χ4n) is 2.54. The van der Waals surface area contributed by atoms with E-state index in [1.807, 2.05) is 42.5 Å². The normalized spacial score (nSPS) is 11.9. The number of ether oxygens (including phenoxy) is 1. The number of amides is 1. The third-order valence-electron chi connectivity index (χ3n) is 3.79. The van der Waals surface area contributed by atoms with Crippen LogP contribution in [0.5, 0.6) is 0 Å². The SMILES string of the molecule is COC(=O)[C@H](NC(=O)c1cnn(C)c1)c1ccc2ccccc2c1. The van der Waals surface area contributed by atoms with Gasteiger partial charge in [0, 0.05) is 13.2 Å². The summed E-state index contributed by atoms with van der Waals surface area (Å²) >= 11 is 0. The van der Waals surface area contributed by atoms with E-state index in [2.05, 4.69) is 10.4 Å². The Hall–Kier alpha value is -3.15. The van der Waals surface area contributed by atoms with E-state index in [9.17, 15) is 9.59 Å². The molecule has 0 aliphatic carbocycles. The van der Waals surface area contributed by atoms with Crippen LogP contribution in [-0.2, 0) is 16.6 Å². The number of aromatic nitrogens is 2. The quantitative estimate of drug-likeness (QED) is 0.747. The van der Waals surface area contributed by atoms with Gasteiger partial charge in [-0.15, -0.1) is 0 Å². The number of carbonyl (C=O) groups excluding carboxylic acids is 2. The second-order valence-corrected chi connectivity index (χ2v) is 5.44. The molecular weight excluding hydrogens is 306 g/mol. The average molecular weight is 323 g/mol. The number of nitrogens with zero attached hydrogens (tertiary/aromatic N) is 2. The Bertz CT molecular complexity index is 901. The minimum atomic E-state index is -0.882. The molecule has 1 amide bonds. The van der Waals surface area contributed by atoms with E-state index in [0.29, 0.717) is 11.1 Å². The highest BCUT2D eigenvalue weighted by Gasteiger charge is 2.24. The molecule has 0 radical (unpaired) electrons. The first-order valence-corrected chi connectivity index (χ1v) is 7.44. The Morgan fingerprint density at radius 1 is 1.17 bits per heavy atom. The lowest BCUT2D eigenvalue weighted by atomic mass is 10.0. The zero-order valence-electron chi connectivity index (χ0n) is 13.4. The van der Waals surface area contributed by atoms with E-state index in [-0.39, 0.29) is 5.91 Å². The highest BCUT2D eigenvalue weighted by Crippen LogP contribution is 2.22. The predicted molar refractivity (Wildman–Crippen MR) is 89.4 cm³/mol. The smallest absolute Gasteiger partial charge is 0.333 e. The molecule has 0 saturated heterocycles. The molecule has 0 spiro atoms. The first-order chi connectivity index (χ1) is 11.6. The number of aryl methyl sites for hydroxylation is 1. The lowest BCUT2D eigenvalue weighted by Crippen LogP contribution is -2.34. The van der Waals surface area contributed by atoms with Crippen LogP contribution in [0.15, 0.2) is 54.9 Å². The number of carbonyl (C=O) groups is 2. The van der Waals surface area contributed by atoms with Gasteiger partial charge in [-0.25, -0.2) is 4.79 Å². The number of hydrogen-bond donors (Lipinski definition) is 1. The monoisotopic (exact) mass is 323 g/mol. The maximum absolute atomic E-state index is 12.4. The molecule has 0 bridgehead atoms. The Morgan fingerprint density at radius 3 is 2.58 bits per heavy atom. The van der Waals surface area contributed by atoms with Crippen molar-refractivity contribution in [1.29, 1.82) is 0 Å². The van der Waals surface area contributed by atoms with E-state index in [1.165, 1.54) is 18.0 Å². The van der Waals surface area contributed by atoms with Crippen molar-refractivity contribution < 1.29 is 14.3 Å². The van der Waals surface area contributed by atoms with Crippen LogP contribution in [0.4, 0.5) is 0 Å². The molecule has 6 heteroatoms. The maximum Gasteiger partial charge on any atom is 0.333 e. The van der Waals surface area contributed by atoms with Crippen molar-refractivity contribution in [2.24, 2.45) is 7.05 Å². The molecule has 1 atom stereocenters. The maximum atomic E-state index is 12.4. The zero-order valence-corrected chi connectivity index (χ0v) is 13.4. The van der Waals surface area contributed by atoms with Crippen LogP contribution in [0.2, 0.25) is 0 Å². The summed E-state index contributed by atoms with van der Waals surface area (Å²) in [6.07, 6.45) is 3.04. The Balaban J connectivity index is 1.93. The third kappa shape index (κ3) is 3.12. The summed E-state index contributed by atoms with van der Waals surface area (Å²) in [6.45, 7) is 0. The summed E-state index contributed by atoms with van der Waals surface area (Å²) in [7, 11) is 3.02. The molecule has 0 unspecified atom stereocenters. The summed E-state index contributed by atoms with van der Waals surface area (Å²) in [5.74, 6) is -0.908. The van der Waals surface area contributed by atoms with E-state index in [1.54, 1.807) is 13.2 Å². The van der Waals surface area contributed by atoms with Gasteiger partial charge in [-0.3, -0.25) is 9.48 Å².